The number of benzene rings is 12. The van der Waals surface area contributed by atoms with Crippen LogP contribution in [-0.4, -0.2) is 0 Å². The Morgan fingerprint density at radius 2 is 0.861 bits per heavy atom. The normalized spacial score (nSPS) is 12.9. The third-order valence-corrected chi connectivity index (χ3v) is 15.3. The largest absolute Gasteiger partial charge is 0.455 e. The van der Waals surface area contributed by atoms with Crippen molar-refractivity contribution in [2.24, 2.45) is 0 Å². The van der Waals surface area contributed by atoms with Crippen molar-refractivity contribution in [3.05, 3.63) is 283 Å². The van der Waals surface area contributed by atoms with Gasteiger partial charge in [-0.15, -0.1) is 0 Å². The molecule has 0 bridgehead atoms. The minimum absolute atomic E-state index is 0.647. The van der Waals surface area contributed by atoms with Crippen molar-refractivity contribution < 1.29 is 9.15 Å². The fourth-order valence-corrected chi connectivity index (χ4v) is 12.1. The number of para-hydroxylation sites is 3. The van der Waals surface area contributed by atoms with Gasteiger partial charge in [0, 0.05) is 55.2 Å². The number of ether oxygens (including phenoxy) is 1. The first-order valence-corrected chi connectivity index (χ1v) is 24.7. The standard InChI is InChI=1S/C69H43NO2/c1-2-16-44(17-3-1)52-22-9-12-30-64(52)70(50-37-32-47(33-38-50)53-27-15-28-59-58-26-10-13-31-65(58)71-66(53)59)51-21-14-20-48(42-51)49-34-39-57-56-25-8-11-29-60(56)69(63(57)43-49)61-40-35-45-18-4-6-23-54(45)67(61)72-68-55-24-7-5-19-46(55)36-41-62(68)69/h1-43H. The van der Waals surface area contributed by atoms with E-state index in [9.17, 15) is 0 Å². The van der Waals surface area contributed by atoms with E-state index < -0.39 is 5.41 Å². The second-order valence-electron chi connectivity index (χ2n) is 19.1. The molecule has 1 aromatic heterocycles. The lowest BCUT2D eigenvalue weighted by atomic mass is 9.65. The second-order valence-corrected chi connectivity index (χ2v) is 19.1. The molecule has 13 aromatic rings. The molecule has 0 unspecified atom stereocenters. The summed E-state index contributed by atoms with van der Waals surface area (Å²) in [5.41, 5.74) is 18.4. The summed E-state index contributed by atoms with van der Waals surface area (Å²) in [6.45, 7) is 0. The Morgan fingerprint density at radius 3 is 1.64 bits per heavy atom. The predicted molar refractivity (Wildman–Crippen MR) is 297 cm³/mol. The van der Waals surface area contributed by atoms with Gasteiger partial charge in [0.05, 0.1) is 11.1 Å². The first kappa shape index (κ1) is 40.4. The first-order valence-electron chi connectivity index (χ1n) is 24.7. The number of furan rings is 1. The molecule has 72 heavy (non-hydrogen) atoms. The van der Waals surface area contributed by atoms with E-state index in [2.05, 4.69) is 254 Å². The molecular formula is C69H43NO2. The molecule has 0 N–H and O–H groups in total. The molecule has 0 amide bonds. The van der Waals surface area contributed by atoms with Gasteiger partial charge in [-0.2, -0.15) is 0 Å². The Kier molecular flexibility index (Phi) is 8.87. The summed E-state index contributed by atoms with van der Waals surface area (Å²) in [4.78, 5) is 2.41. The average Bonchev–Trinajstić information content (AvgIpc) is 3.98. The van der Waals surface area contributed by atoms with Crippen LogP contribution in [0.1, 0.15) is 22.3 Å². The highest BCUT2D eigenvalue weighted by Gasteiger charge is 2.52. The van der Waals surface area contributed by atoms with E-state index in [1.165, 1.54) is 22.3 Å². The molecule has 3 nitrogen and oxygen atoms in total. The molecule has 12 aromatic carbocycles. The van der Waals surface area contributed by atoms with E-state index in [1.807, 2.05) is 12.1 Å². The van der Waals surface area contributed by atoms with Crippen LogP contribution in [0.15, 0.2) is 265 Å². The molecule has 15 rings (SSSR count). The van der Waals surface area contributed by atoms with Gasteiger partial charge in [-0.3, -0.25) is 0 Å². The number of anilines is 3. The summed E-state index contributed by atoms with van der Waals surface area (Å²) in [6, 6.07) is 94.7. The predicted octanol–water partition coefficient (Wildman–Crippen LogP) is 18.8. The van der Waals surface area contributed by atoms with Crippen LogP contribution in [0.3, 0.4) is 0 Å². The zero-order valence-corrected chi connectivity index (χ0v) is 39.1. The van der Waals surface area contributed by atoms with Crippen LogP contribution in [-0.2, 0) is 5.41 Å². The van der Waals surface area contributed by atoms with Crippen molar-refractivity contribution in [3.8, 4) is 56.0 Å². The van der Waals surface area contributed by atoms with E-state index in [-0.39, 0.29) is 0 Å². The summed E-state index contributed by atoms with van der Waals surface area (Å²) < 4.78 is 13.8. The van der Waals surface area contributed by atoms with Crippen LogP contribution in [0.25, 0.3) is 88.0 Å². The highest BCUT2D eigenvalue weighted by Crippen LogP contribution is 2.64. The first-order chi connectivity index (χ1) is 35.7. The maximum Gasteiger partial charge on any atom is 0.143 e. The molecule has 336 valence electrons. The highest BCUT2D eigenvalue weighted by molar-refractivity contribution is 6.10. The Morgan fingerprint density at radius 1 is 0.306 bits per heavy atom. The number of hydrogen-bond donors (Lipinski definition) is 0. The van der Waals surface area contributed by atoms with E-state index in [0.29, 0.717) is 0 Å². The zero-order chi connectivity index (χ0) is 47.3. The Balaban J connectivity index is 0.919. The van der Waals surface area contributed by atoms with E-state index in [0.717, 1.165) is 117 Å². The van der Waals surface area contributed by atoms with Crippen molar-refractivity contribution >= 4 is 60.5 Å². The monoisotopic (exact) mass is 917 g/mol. The Hall–Kier alpha value is -9.44. The van der Waals surface area contributed by atoms with E-state index in [1.54, 1.807) is 0 Å². The van der Waals surface area contributed by atoms with Crippen LogP contribution >= 0.6 is 0 Å². The minimum Gasteiger partial charge on any atom is -0.455 e. The molecule has 2 heterocycles. The van der Waals surface area contributed by atoms with Crippen molar-refractivity contribution in [1.82, 2.24) is 0 Å². The maximum atomic E-state index is 7.26. The van der Waals surface area contributed by atoms with Gasteiger partial charge in [-0.25, -0.2) is 0 Å². The van der Waals surface area contributed by atoms with E-state index >= 15 is 0 Å². The molecule has 0 fully saturated rings. The maximum absolute atomic E-state index is 7.26. The Labute approximate surface area is 417 Å². The average molecular weight is 918 g/mol. The van der Waals surface area contributed by atoms with Crippen molar-refractivity contribution in [3.63, 3.8) is 0 Å². The van der Waals surface area contributed by atoms with Gasteiger partial charge in [-0.1, -0.05) is 218 Å². The quantitative estimate of drug-likeness (QED) is 0.166. The zero-order valence-electron chi connectivity index (χ0n) is 39.1. The van der Waals surface area contributed by atoms with Crippen LogP contribution < -0.4 is 9.64 Å². The molecule has 1 aliphatic heterocycles. The van der Waals surface area contributed by atoms with Gasteiger partial charge < -0.3 is 14.1 Å². The molecule has 0 saturated carbocycles. The summed E-state index contributed by atoms with van der Waals surface area (Å²) in [5.74, 6) is 1.83. The molecule has 0 atom stereocenters. The van der Waals surface area contributed by atoms with E-state index in [4.69, 9.17) is 9.15 Å². The van der Waals surface area contributed by atoms with Crippen molar-refractivity contribution in [2.45, 2.75) is 5.41 Å². The summed E-state index contributed by atoms with van der Waals surface area (Å²) in [7, 11) is 0. The fraction of sp³-hybridized carbons (Fsp3) is 0.0145. The van der Waals surface area contributed by atoms with Gasteiger partial charge in [0.1, 0.15) is 22.7 Å². The van der Waals surface area contributed by atoms with Crippen LogP contribution in [0.4, 0.5) is 17.1 Å². The topological polar surface area (TPSA) is 25.6 Å². The molecule has 0 saturated heterocycles. The number of nitrogens with zero attached hydrogens (tertiary/aromatic N) is 1. The Bertz CT molecular complexity index is 4230. The fourth-order valence-electron chi connectivity index (χ4n) is 12.1. The lowest BCUT2D eigenvalue weighted by Crippen LogP contribution is -2.32. The van der Waals surface area contributed by atoms with Crippen LogP contribution in [0, 0.1) is 0 Å². The second kappa shape index (κ2) is 15.8. The molecule has 0 radical (unpaired) electrons. The van der Waals surface area contributed by atoms with Gasteiger partial charge in [0.25, 0.3) is 0 Å². The van der Waals surface area contributed by atoms with Crippen LogP contribution in [0.5, 0.6) is 11.5 Å². The SMILES string of the molecule is c1ccc(-c2ccccc2N(c2ccc(-c3cccc4c3oc3ccccc34)cc2)c2cccc(-c3ccc4c(c3)C3(c5ccccc5-4)c4ccc5ccccc5c4Oc4c3ccc3ccccc43)c2)cc1. The number of hydrogen-bond acceptors (Lipinski definition) is 3. The number of fused-ring (bicyclic) bond motifs is 16. The number of rotatable bonds is 6. The molecule has 1 aliphatic carbocycles. The van der Waals surface area contributed by atoms with Gasteiger partial charge in [-0.05, 0) is 97.7 Å². The molecule has 1 spiro atoms. The lowest BCUT2D eigenvalue weighted by molar-refractivity contribution is 0.447. The summed E-state index contributed by atoms with van der Waals surface area (Å²) >= 11 is 0. The minimum atomic E-state index is -0.647. The third kappa shape index (κ3) is 5.92. The molecular weight excluding hydrogens is 875 g/mol. The van der Waals surface area contributed by atoms with Gasteiger partial charge >= 0.3 is 0 Å². The highest BCUT2D eigenvalue weighted by atomic mass is 16.5. The smallest absolute Gasteiger partial charge is 0.143 e. The molecule has 2 aliphatic rings. The third-order valence-electron chi connectivity index (χ3n) is 15.3. The molecule has 3 heteroatoms. The van der Waals surface area contributed by atoms with Gasteiger partial charge in [0.15, 0.2) is 0 Å². The van der Waals surface area contributed by atoms with Gasteiger partial charge in [0.2, 0.25) is 0 Å². The van der Waals surface area contributed by atoms with Crippen LogP contribution in [0.2, 0.25) is 0 Å². The summed E-state index contributed by atoms with van der Waals surface area (Å²) in [6.07, 6.45) is 0. The van der Waals surface area contributed by atoms with Crippen molar-refractivity contribution in [2.75, 3.05) is 4.90 Å². The summed E-state index contributed by atoms with van der Waals surface area (Å²) in [5, 5.41) is 6.78. The lowest BCUT2D eigenvalue weighted by Gasteiger charge is -2.40. The van der Waals surface area contributed by atoms with Crippen molar-refractivity contribution in [1.29, 1.82) is 0 Å².